The van der Waals surface area contributed by atoms with Crippen molar-refractivity contribution < 1.29 is 0 Å². The fourth-order valence-corrected chi connectivity index (χ4v) is 7.95. The van der Waals surface area contributed by atoms with E-state index in [0.717, 1.165) is 61.5 Å². The van der Waals surface area contributed by atoms with Crippen molar-refractivity contribution in [3.63, 3.8) is 0 Å². The number of hydrogen-bond donors (Lipinski definition) is 0. The predicted octanol–water partition coefficient (Wildman–Crippen LogP) is 12.0. The minimum absolute atomic E-state index is 0.348. The third-order valence-electron chi connectivity index (χ3n) is 10.4. The van der Waals surface area contributed by atoms with Crippen LogP contribution in [-0.2, 0) is 0 Å². The van der Waals surface area contributed by atoms with Gasteiger partial charge in [0.25, 0.3) is 0 Å². The van der Waals surface area contributed by atoms with Gasteiger partial charge in [-0.05, 0) is 72.3 Å². The molecule has 10 rings (SSSR count). The van der Waals surface area contributed by atoms with E-state index in [0.29, 0.717) is 16.7 Å². The van der Waals surface area contributed by atoms with Crippen LogP contribution >= 0.6 is 0 Å². The second-order valence-corrected chi connectivity index (χ2v) is 13.4. The van der Waals surface area contributed by atoms with Crippen molar-refractivity contribution in [3.8, 4) is 57.2 Å². The van der Waals surface area contributed by atoms with Crippen molar-refractivity contribution in [2.24, 2.45) is 0 Å². The first-order valence-corrected chi connectivity index (χ1v) is 17.8. The van der Waals surface area contributed by atoms with Gasteiger partial charge in [0.15, 0.2) is 0 Å². The molecule has 5 nitrogen and oxygen atoms in total. The zero-order valence-electron chi connectivity index (χ0n) is 29.0. The van der Waals surface area contributed by atoms with Crippen LogP contribution in [0.1, 0.15) is 11.1 Å². The molecule has 7 aromatic carbocycles. The van der Waals surface area contributed by atoms with Crippen LogP contribution in [0, 0.1) is 22.7 Å². The molecule has 3 heterocycles. The summed E-state index contributed by atoms with van der Waals surface area (Å²) in [5.41, 5.74) is 12.4. The number of benzene rings is 7. The molecular formula is C49H29N5. The molecule has 0 radical (unpaired) electrons. The number of nitriles is 2. The highest BCUT2D eigenvalue weighted by Gasteiger charge is 2.17. The van der Waals surface area contributed by atoms with E-state index in [-0.39, 0.29) is 0 Å². The van der Waals surface area contributed by atoms with Gasteiger partial charge < -0.3 is 9.13 Å². The lowest BCUT2D eigenvalue weighted by Crippen LogP contribution is -1.96. The number of hydrogen-bond acceptors (Lipinski definition) is 3. The number of rotatable bonds is 5. The molecule has 0 aliphatic rings. The summed E-state index contributed by atoms with van der Waals surface area (Å²) in [7, 11) is 0. The maximum Gasteiger partial charge on any atom is 0.101 e. The third-order valence-corrected chi connectivity index (χ3v) is 10.4. The van der Waals surface area contributed by atoms with E-state index in [1.54, 1.807) is 6.07 Å². The lowest BCUT2D eigenvalue weighted by atomic mass is 9.94. The normalized spacial score (nSPS) is 11.3. The van der Waals surface area contributed by atoms with Gasteiger partial charge in [0, 0.05) is 49.6 Å². The van der Waals surface area contributed by atoms with Crippen molar-refractivity contribution in [2.75, 3.05) is 0 Å². The molecule has 0 fully saturated rings. The fourth-order valence-electron chi connectivity index (χ4n) is 7.95. The summed E-state index contributed by atoms with van der Waals surface area (Å²) in [4.78, 5) is 5.22. The van der Waals surface area contributed by atoms with Crippen molar-refractivity contribution in [2.45, 2.75) is 0 Å². The Bertz CT molecular complexity index is 2890. The summed E-state index contributed by atoms with van der Waals surface area (Å²) in [5, 5.41) is 24.9. The molecule has 0 bridgehead atoms. The largest absolute Gasteiger partial charge is 0.309 e. The molecule has 0 N–H and O–H groups in total. The standard InChI is InChI=1S/C49H29N5/c50-30-34-10-9-15-38(43(34)31-51)35-28-44(32-20-24-36(25-21-32)53-46-16-5-1-11-39(46)40-12-2-6-17-47(40)53)52-45(29-35)33-22-26-37(27-23-33)54-48-18-7-3-13-41(48)42-14-4-8-19-49(42)54/h1-29H. The summed E-state index contributed by atoms with van der Waals surface area (Å²) in [6.07, 6.45) is 0. The van der Waals surface area contributed by atoms with Gasteiger partial charge >= 0.3 is 0 Å². The number of fused-ring (bicyclic) bond motifs is 6. The summed E-state index contributed by atoms with van der Waals surface area (Å²) in [6, 6.07) is 64.9. The van der Waals surface area contributed by atoms with Crippen LogP contribution in [0.2, 0.25) is 0 Å². The average molecular weight is 688 g/mol. The minimum Gasteiger partial charge on any atom is -0.309 e. The van der Waals surface area contributed by atoms with Crippen molar-refractivity contribution in [1.82, 2.24) is 14.1 Å². The Morgan fingerprint density at radius 1 is 0.389 bits per heavy atom. The van der Waals surface area contributed by atoms with Gasteiger partial charge in [0.05, 0.1) is 44.6 Å². The molecule has 0 amide bonds. The fraction of sp³-hybridized carbons (Fsp3) is 0. The van der Waals surface area contributed by atoms with E-state index in [1.165, 1.54) is 21.5 Å². The molecule has 10 aromatic rings. The number of aromatic nitrogens is 3. The van der Waals surface area contributed by atoms with E-state index in [9.17, 15) is 10.5 Å². The lowest BCUT2D eigenvalue weighted by Gasteiger charge is -2.14. The van der Waals surface area contributed by atoms with E-state index in [2.05, 4.69) is 167 Å². The second-order valence-electron chi connectivity index (χ2n) is 13.4. The SMILES string of the molecule is N#Cc1cccc(-c2cc(-c3ccc(-n4c5ccccc5c5ccccc54)cc3)nc(-c3ccc(-n4c5ccccc5c5ccccc54)cc3)c2)c1C#N. The van der Waals surface area contributed by atoms with Gasteiger partial charge in [-0.3, -0.25) is 0 Å². The number of para-hydroxylation sites is 4. The lowest BCUT2D eigenvalue weighted by molar-refractivity contribution is 1.18. The van der Waals surface area contributed by atoms with Gasteiger partial charge in [0.2, 0.25) is 0 Å². The van der Waals surface area contributed by atoms with Gasteiger partial charge in [-0.2, -0.15) is 10.5 Å². The number of pyridine rings is 1. The molecule has 54 heavy (non-hydrogen) atoms. The second kappa shape index (κ2) is 12.5. The van der Waals surface area contributed by atoms with E-state index in [1.807, 2.05) is 24.3 Å². The van der Waals surface area contributed by atoms with Crippen molar-refractivity contribution >= 4 is 43.6 Å². The first-order chi connectivity index (χ1) is 26.7. The maximum absolute atomic E-state index is 10.2. The topological polar surface area (TPSA) is 70.3 Å². The quantitative estimate of drug-likeness (QED) is 0.181. The summed E-state index contributed by atoms with van der Waals surface area (Å²) in [5.74, 6) is 0. The summed E-state index contributed by atoms with van der Waals surface area (Å²) < 4.78 is 4.60. The molecule has 250 valence electrons. The molecule has 0 saturated carbocycles. The van der Waals surface area contributed by atoms with Crippen LogP contribution in [0.3, 0.4) is 0 Å². The highest BCUT2D eigenvalue weighted by Crippen LogP contribution is 2.37. The smallest absolute Gasteiger partial charge is 0.101 e. The molecule has 5 heteroatoms. The Hall–Kier alpha value is -7.73. The van der Waals surface area contributed by atoms with Crippen LogP contribution < -0.4 is 0 Å². The molecule has 0 aliphatic heterocycles. The van der Waals surface area contributed by atoms with Gasteiger partial charge in [-0.25, -0.2) is 4.98 Å². The van der Waals surface area contributed by atoms with Crippen LogP contribution in [0.4, 0.5) is 0 Å². The predicted molar refractivity (Wildman–Crippen MR) is 219 cm³/mol. The highest BCUT2D eigenvalue weighted by atomic mass is 15.0. The Morgan fingerprint density at radius 3 is 1.19 bits per heavy atom. The van der Waals surface area contributed by atoms with Crippen LogP contribution in [-0.4, -0.2) is 14.1 Å². The summed E-state index contributed by atoms with van der Waals surface area (Å²) in [6.45, 7) is 0. The zero-order valence-corrected chi connectivity index (χ0v) is 29.0. The van der Waals surface area contributed by atoms with E-state index >= 15 is 0 Å². The van der Waals surface area contributed by atoms with E-state index in [4.69, 9.17) is 4.98 Å². The van der Waals surface area contributed by atoms with Crippen LogP contribution in [0.15, 0.2) is 176 Å². The van der Waals surface area contributed by atoms with Gasteiger partial charge in [-0.1, -0.05) is 109 Å². The molecular weight excluding hydrogens is 659 g/mol. The monoisotopic (exact) mass is 687 g/mol. The molecule has 0 spiro atoms. The first-order valence-electron chi connectivity index (χ1n) is 17.8. The molecule has 0 saturated heterocycles. The van der Waals surface area contributed by atoms with Crippen LogP contribution in [0.25, 0.3) is 88.6 Å². The van der Waals surface area contributed by atoms with Gasteiger partial charge in [-0.15, -0.1) is 0 Å². The van der Waals surface area contributed by atoms with Crippen molar-refractivity contribution in [3.05, 3.63) is 187 Å². The highest BCUT2D eigenvalue weighted by molar-refractivity contribution is 6.10. The molecule has 0 aliphatic carbocycles. The minimum atomic E-state index is 0.348. The third kappa shape index (κ3) is 4.88. The average Bonchev–Trinajstić information content (AvgIpc) is 3.76. The maximum atomic E-state index is 10.2. The first kappa shape index (κ1) is 31.0. The Balaban J connectivity index is 1.11. The zero-order chi connectivity index (χ0) is 36.2. The Labute approximate surface area is 311 Å². The molecule has 0 atom stereocenters. The Kier molecular flexibility index (Phi) is 7.18. The number of nitrogens with zero attached hydrogens (tertiary/aromatic N) is 5. The van der Waals surface area contributed by atoms with Gasteiger partial charge in [0.1, 0.15) is 12.1 Å². The molecule has 3 aromatic heterocycles. The van der Waals surface area contributed by atoms with Crippen LogP contribution in [0.5, 0.6) is 0 Å². The van der Waals surface area contributed by atoms with Crippen molar-refractivity contribution in [1.29, 1.82) is 10.5 Å². The van der Waals surface area contributed by atoms with E-state index < -0.39 is 0 Å². The summed E-state index contributed by atoms with van der Waals surface area (Å²) >= 11 is 0. The molecule has 0 unspecified atom stereocenters. The Morgan fingerprint density at radius 2 is 0.796 bits per heavy atom.